The molecule has 0 unspecified atom stereocenters. The van der Waals surface area contributed by atoms with Crippen LogP contribution in [-0.4, -0.2) is 48.0 Å². The van der Waals surface area contributed by atoms with E-state index in [0.29, 0.717) is 0 Å². The van der Waals surface area contributed by atoms with Crippen LogP contribution < -0.4 is 11.1 Å². The summed E-state index contributed by atoms with van der Waals surface area (Å²) in [5.41, 5.74) is 5.54. The molecule has 0 aromatic carbocycles. The van der Waals surface area contributed by atoms with Crippen molar-refractivity contribution in [3.8, 4) is 0 Å². The molecule has 0 aliphatic carbocycles. The number of hydrogen-bond donors (Lipinski definition) is 2. The van der Waals surface area contributed by atoms with Crippen molar-refractivity contribution < 1.29 is 28.7 Å². The number of ether oxygens (including phenoxy) is 2. The molecule has 1 aromatic heterocycles. The fraction of sp³-hybridized carbons (Fsp3) is 0.438. The Morgan fingerprint density at radius 1 is 1.12 bits per heavy atom. The molecular formula is C16H21N3O6. The van der Waals surface area contributed by atoms with E-state index in [1.165, 1.54) is 24.5 Å². The van der Waals surface area contributed by atoms with Gasteiger partial charge in [-0.1, -0.05) is 0 Å². The number of amides is 2. The van der Waals surface area contributed by atoms with Crippen LogP contribution in [0.3, 0.4) is 0 Å². The van der Waals surface area contributed by atoms with Gasteiger partial charge in [-0.15, -0.1) is 0 Å². The van der Waals surface area contributed by atoms with Crippen molar-refractivity contribution in [1.29, 1.82) is 0 Å². The highest BCUT2D eigenvalue weighted by Gasteiger charge is 2.37. The molecule has 1 heterocycles. The summed E-state index contributed by atoms with van der Waals surface area (Å²) in [7, 11) is 0. The predicted octanol–water partition coefficient (Wildman–Crippen LogP) is -0.202. The van der Waals surface area contributed by atoms with Crippen molar-refractivity contribution in [2.24, 2.45) is 11.7 Å². The van der Waals surface area contributed by atoms with E-state index >= 15 is 0 Å². The van der Waals surface area contributed by atoms with Crippen LogP contribution in [0.5, 0.6) is 0 Å². The van der Waals surface area contributed by atoms with Gasteiger partial charge in [0, 0.05) is 18.0 Å². The van der Waals surface area contributed by atoms with E-state index in [1.54, 1.807) is 13.8 Å². The summed E-state index contributed by atoms with van der Waals surface area (Å²) >= 11 is 0. The number of nitrogens with two attached hydrogens (primary N) is 1. The summed E-state index contributed by atoms with van der Waals surface area (Å²) in [5, 5.41) is 2.37. The summed E-state index contributed by atoms with van der Waals surface area (Å²) in [5.74, 6) is -4.42. The third kappa shape index (κ3) is 6.21. The molecule has 0 saturated carbocycles. The number of esters is 2. The SMILES string of the molecule is CCOC(=O)C[C@H](C(=O)OCC)[C@@H](NC(=O)c1ccncc1)C(N)=O. The van der Waals surface area contributed by atoms with E-state index in [4.69, 9.17) is 15.2 Å². The molecule has 25 heavy (non-hydrogen) atoms. The lowest BCUT2D eigenvalue weighted by Gasteiger charge is -2.23. The standard InChI is InChI=1S/C16H21N3O6/c1-3-24-12(20)9-11(16(23)25-4-2)13(14(17)21)19-15(22)10-5-7-18-8-6-10/h5-8,11,13H,3-4,9H2,1-2H3,(H2,17,21)(H,19,22)/t11-,13+/m0/s1. The lowest BCUT2D eigenvalue weighted by molar-refractivity contribution is -0.156. The van der Waals surface area contributed by atoms with Gasteiger partial charge in [0.15, 0.2) is 0 Å². The van der Waals surface area contributed by atoms with Crippen molar-refractivity contribution in [2.45, 2.75) is 26.3 Å². The van der Waals surface area contributed by atoms with Crippen LogP contribution in [0, 0.1) is 5.92 Å². The van der Waals surface area contributed by atoms with Gasteiger partial charge in [0.05, 0.1) is 25.6 Å². The predicted molar refractivity (Wildman–Crippen MR) is 86.1 cm³/mol. The highest BCUT2D eigenvalue weighted by Crippen LogP contribution is 2.14. The van der Waals surface area contributed by atoms with E-state index in [-0.39, 0.29) is 18.8 Å². The number of carbonyl (C=O) groups excluding carboxylic acids is 4. The lowest BCUT2D eigenvalue weighted by Crippen LogP contribution is -2.52. The van der Waals surface area contributed by atoms with Gasteiger partial charge in [0.2, 0.25) is 5.91 Å². The van der Waals surface area contributed by atoms with E-state index in [2.05, 4.69) is 10.3 Å². The maximum atomic E-state index is 12.2. The van der Waals surface area contributed by atoms with Gasteiger partial charge in [-0.25, -0.2) is 0 Å². The van der Waals surface area contributed by atoms with Gasteiger partial charge < -0.3 is 20.5 Å². The largest absolute Gasteiger partial charge is 0.466 e. The maximum absolute atomic E-state index is 12.2. The molecule has 0 aliphatic rings. The zero-order valence-corrected chi connectivity index (χ0v) is 14.1. The van der Waals surface area contributed by atoms with Crippen LogP contribution in [0.2, 0.25) is 0 Å². The zero-order valence-electron chi connectivity index (χ0n) is 14.1. The van der Waals surface area contributed by atoms with E-state index in [9.17, 15) is 19.2 Å². The lowest BCUT2D eigenvalue weighted by atomic mass is 9.95. The number of nitrogens with one attached hydrogen (secondary N) is 1. The minimum atomic E-state index is -1.43. The van der Waals surface area contributed by atoms with Crippen LogP contribution in [0.15, 0.2) is 24.5 Å². The van der Waals surface area contributed by atoms with Gasteiger partial charge >= 0.3 is 11.9 Å². The molecule has 9 heteroatoms. The number of pyridine rings is 1. The average Bonchev–Trinajstić information content (AvgIpc) is 2.58. The Kier molecular flexibility index (Phi) is 8.04. The fourth-order valence-corrected chi connectivity index (χ4v) is 2.08. The van der Waals surface area contributed by atoms with Gasteiger partial charge in [0.1, 0.15) is 6.04 Å². The van der Waals surface area contributed by atoms with Crippen LogP contribution in [0.25, 0.3) is 0 Å². The molecule has 0 radical (unpaired) electrons. The van der Waals surface area contributed by atoms with Crippen molar-refractivity contribution in [2.75, 3.05) is 13.2 Å². The average molecular weight is 351 g/mol. The van der Waals surface area contributed by atoms with Gasteiger partial charge in [-0.05, 0) is 26.0 Å². The molecule has 0 spiro atoms. The molecule has 2 amide bonds. The number of carbonyl (C=O) groups is 4. The Labute approximate surface area is 144 Å². The molecule has 2 atom stereocenters. The summed E-state index contributed by atoms with van der Waals surface area (Å²) in [6.07, 6.45) is 2.35. The topological polar surface area (TPSA) is 138 Å². The molecule has 1 aromatic rings. The molecule has 136 valence electrons. The monoisotopic (exact) mass is 351 g/mol. The molecule has 0 saturated heterocycles. The Hall–Kier alpha value is -2.97. The van der Waals surface area contributed by atoms with Crippen molar-refractivity contribution >= 4 is 23.8 Å². The Bertz CT molecular complexity index is 620. The van der Waals surface area contributed by atoms with Crippen LogP contribution >= 0.6 is 0 Å². The normalized spacial score (nSPS) is 12.6. The van der Waals surface area contributed by atoms with Crippen LogP contribution in [0.1, 0.15) is 30.6 Å². The van der Waals surface area contributed by atoms with E-state index in [1.807, 2.05) is 0 Å². The molecule has 0 aliphatic heterocycles. The molecule has 0 fully saturated rings. The molecule has 9 nitrogen and oxygen atoms in total. The number of primary amides is 1. The number of rotatable bonds is 9. The Morgan fingerprint density at radius 2 is 1.72 bits per heavy atom. The van der Waals surface area contributed by atoms with E-state index in [0.717, 1.165) is 0 Å². The zero-order chi connectivity index (χ0) is 18.8. The van der Waals surface area contributed by atoms with Crippen molar-refractivity contribution in [1.82, 2.24) is 10.3 Å². The summed E-state index contributed by atoms with van der Waals surface area (Å²) in [4.78, 5) is 51.7. The van der Waals surface area contributed by atoms with Crippen molar-refractivity contribution in [3.63, 3.8) is 0 Å². The number of hydrogen-bond acceptors (Lipinski definition) is 7. The molecule has 3 N–H and O–H groups in total. The first-order valence-corrected chi connectivity index (χ1v) is 7.73. The summed E-state index contributed by atoms with van der Waals surface area (Å²) < 4.78 is 9.69. The molecule has 0 bridgehead atoms. The highest BCUT2D eigenvalue weighted by molar-refractivity contribution is 5.99. The van der Waals surface area contributed by atoms with Crippen LogP contribution in [-0.2, 0) is 23.9 Å². The maximum Gasteiger partial charge on any atom is 0.312 e. The fourth-order valence-electron chi connectivity index (χ4n) is 2.08. The second-order valence-electron chi connectivity index (χ2n) is 4.96. The first-order valence-electron chi connectivity index (χ1n) is 7.73. The minimum absolute atomic E-state index is 0.0436. The highest BCUT2D eigenvalue weighted by atomic mass is 16.5. The van der Waals surface area contributed by atoms with Gasteiger partial charge in [-0.3, -0.25) is 24.2 Å². The molecular weight excluding hydrogens is 330 g/mol. The third-order valence-corrected chi connectivity index (χ3v) is 3.22. The summed E-state index contributed by atoms with van der Waals surface area (Å²) in [6.45, 7) is 3.34. The molecule has 1 rings (SSSR count). The van der Waals surface area contributed by atoms with Crippen molar-refractivity contribution in [3.05, 3.63) is 30.1 Å². The minimum Gasteiger partial charge on any atom is -0.466 e. The second-order valence-corrected chi connectivity index (χ2v) is 4.96. The Balaban J connectivity index is 3.01. The first-order chi connectivity index (χ1) is 11.9. The van der Waals surface area contributed by atoms with Gasteiger partial charge in [-0.2, -0.15) is 0 Å². The number of aromatic nitrogens is 1. The van der Waals surface area contributed by atoms with Crippen LogP contribution in [0.4, 0.5) is 0 Å². The second kappa shape index (κ2) is 10.0. The summed E-state index contributed by atoms with van der Waals surface area (Å²) in [6, 6.07) is 1.43. The van der Waals surface area contributed by atoms with Gasteiger partial charge in [0.25, 0.3) is 5.91 Å². The third-order valence-electron chi connectivity index (χ3n) is 3.22. The van der Waals surface area contributed by atoms with E-state index < -0.39 is 42.1 Å². The smallest absolute Gasteiger partial charge is 0.312 e. The quantitative estimate of drug-likeness (QED) is 0.587. The Morgan fingerprint density at radius 3 is 2.24 bits per heavy atom. The number of nitrogens with zero attached hydrogens (tertiary/aromatic N) is 1. The first kappa shape index (κ1) is 20.1.